The van der Waals surface area contributed by atoms with Gasteiger partial charge in [-0.05, 0) is 25.8 Å². The van der Waals surface area contributed by atoms with Crippen molar-refractivity contribution in [2.45, 2.75) is 40.0 Å². The van der Waals surface area contributed by atoms with Crippen molar-refractivity contribution in [3.63, 3.8) is 0 Å². The van der Waals surface area contributed by atoms with E-state index in [1.807, 2.05) is 6.92 Å². The monoisotopic (exact) mass is 205 g/mol. The van der Waals surface area contributed by atoms with Crippen LogP contribution in [-0.4, -0.2) is 9.97 Å². The molecule has 0 atom stereocenters. The van der Waals surface area contributed by atoms with Gasteiger partial charge in [-0.3, -0.25) is 0 Å². The number of hydrogen-bond donors (Lipinski definition) is 1. The van der Waals surface area contributed by atoms with E-state index in [-0.39, 0.29) is 0 Å². The van der Waals surface area contributed by atoms with Crippen LogP contribution >= 0.6 is 0 Å². The first-order valence-corrected chi connectivity index (χ1v) is 5.41. The second-order valence-electron chi connectivity index (χ2n) is 3.75. The summed E-state index contributed by atoms with van der Waals surface area (Å²) in [5, 5.41) is 0. The molecule has 0 spiro atoms. The smallest absolute Gasteiger partial charge is 0.134 e. The molecule has 0 fully saturated rings. The van der Waals surface area contributed by atoms with Gasteiger partial charge in [-0.25, -0.2) is 9.97 Å². The quantitative estimate of drug-likeness (QED) is 0.769. The molecular weight excluding hydrogens is 186 g/mol. The third-order valence-electron chi connectivity index (χ3n) is 2.47. The van der Waals surface area contributed by atoms with E-state index in [1.54, 1.807) is 0 Å². The van der Waals surface area contributed by atoms with Crippen LogP contribution in [0.2, 0.25) is 0 Å². The normalized spacial score (nSPS) is 11.8. The standard InChI is InChI=1S/C12H19N3/c1-4-5-6-7-9(2)11-10(3)14-8-15-12(11)13/h7-8H,4-6H2,1-3H3,(H2,13,14,15)/b9-7-. The molecule has 15 heavy (non-hydrogen) atoms. The number of anilines is 1. The summed E-state index contributed by atoms with van der Waals surface area (Å²) in [5.74, 6) is 0.577. The Morgan fingerprint density at radius 3 is 2.80 bits per heavy atom. The highest BCUT2D eigenvalue weighted by molar-refractivity contribution is 5.72. The highest BCUT2D eigenvalue weighted by atomic mass is 14.9. The molecule has 0 saturated carbocycles. The average Bonchev–Trinajstić information content (AvgIpc) is 2.18. The maximum atomic E-state index is 5.83. The number of nitrogens with two attached hydrogens (primary N) is 1. The zero-order chi connectivity index (χ0) is 11.3. The van der Waals surface area contributed by atoms with Crippen LogP contribution in [0.25, 0.3) is 5.57 Å². The lowest BCUT2D eigenvalue weighted by atomic mass is 10.0. The van der Waals surface area contributed by atoms with Gasteiger partial charge in [0.25, 0.3) is 0 Å². The van der Waals surface area contributed by atoms with Gasteiger partial charge in [0, 0.05) is 5.56 Å². The minimum absolute atomic E-state index is 0.577. The number of nitrogen functional groups attached to an aromatic ring is 1. The largest absolute Gasteiger partial charge is 0.383 e. The number of aromatic nitrogens is 2. The Hall–Kier alpha value is -1.38. The molecule has 0 unspecified atom stereocenters. The highest BCUT2D eigenvalue weighted by Gasteiger charge is 2.06. The van der Waals surface area contributed by atoms with Gasteiger partial charge in [-0.1, -0.05) is 25.8 Å². The molecule has 1 aromatic rings. The SMILES string of the molecule is CCCC/C=C(/C)c1c(C)ncnc1N. The summed E-state index contributed by atoms with van der Waals surface area (Å²) in [4.78, 5) is 8.17. The summed E-state index contributed by atoms with van der Waals surface area (Å²) >= 11 is 0. The van der Waals surface area contributed by atoms with Crippen molar-refractivity contribution < 1.29 is 0 Å². The number of unbranched alkanes of at least 4 members (excludes halogenated alkanes) is 2. The van der Waals surface area contributed by atoms with Crippen molar-refractivity contribution in [2.75, 3.05) is 5.73 Å². The summed E-state index contributed by atoms with van der Waals surface area (Å²) in [6, 6.07) is 0. The van der Waals surface area contributed by atoms with Crippen LogP contribution in [0.5, 0.6) is 0 Å². The van der Waals surface area contributed by atoms with Crippen LogP contribution in [0.1, 0.15) is 44.4 Å². The molecular formula is C12H19N3. The van der Waals surface area contributed by atoms with E-state index in [0.717, 1.165) is 17.7 Å². The predicted molar refractivity (Wildman–Crippen MR) is 64.4 cm³/mol. The fourth-order valence-corrected chi connectivity index (χ4v) is 1.60. The van der Waals surface area contributed by atoms with Gasteiger partial charge in [-0.15, -0.1) is 0 Å². The van der Waals surface area contributed by atoms with Crippen molar-refractivity contribution >= 4 is 11.4 Å². The molecule has 0 aliphatic carbocycles. The summed E-state index contributed by atoms with van der Waals surface area (Å²) in [6.45, 7) is 6.22. The van der Waals surface area contributed by atoms with Crippen molar-refractivity contribution in [2.24, 2.45) is 0 Å². The van der Waals surface area contributed by atoms with Gasteiger partial charge in [0.1, 0.15) is 12.1 Å². The molecule has 0 saturated heterocycles. The Morgan fingerprint density at radius 2 is 2.20 bits per heavy atom. The molecule has 3 heteroatoms. The van der Waals surface area contributed by atoms with Crippen LogP contribution in [0.4, 0.5) is 5.82 Å². The number of aryl methyl sites for hydroxylation is 1. The Balaban J connectivity index is 2.90. The fourth-order valence-electron chi connectivity index (χ4n) is 1.60. The minimum atomic E-state index is 0.577. The summed E-state index contributed by atoms with van der Waals surface area (Å²) < 4.78 is 0. The van der Waals surface area contributed by atoms with Crippen LogP contribution in [0.3, 0.4) is 0 Å². The van der Waals surface area contributed by atoms with Crippen molar-refractivity contribution in [1.29, 1.82) is 0 Å². The fraction of sp³-hybridized carbons (Fsp3) is 0.500. The van der Waals surface area contributed by atoms with Crippen molar-refractivity contribution in [3.05, 3.63) is 23.7 Å². The van der Waals surface area contributed by atoms with E-state index >= 15 is 0 Å². The van der Waals surface area contributed by atoms with Gasteiger partial charge >= 0.3 is 0 Å². The first-order valence-electron chi connectivity index (χ1n) is 5.41. The van der Waals surface area contributed by atoms with E-state index < -0.39 is 0 Å². The van der Waals surface area contributed by atoms with Crippen LogP contribution in [0, 0.1) is 6.92 Å². The van der Waals surface area contributed by atoms with Crippen LogP contribution < -0.4 is 5.73 Å². The third kappa shape index (κ3) is 3.05. The molecule has 0 radical (unpaired) electrons. The first kappa shape index (κ1) is 11.7. The molecule has 1 heterocycles. The van der Waals surface area contributed by atoms with E-state index in [1.165, 1.54) is 24.7 Å². The number of allylic oxidation sites excluding steroid dienone is 2. The zero-order valence-electron chi connectivity index (χ0n) is 9.75. The van der Waals surface area contributed by atoms with E-state index in [2.05, 4.69) is 29.9 Å². The molecule has 1 aromatic heterocycles. The molecule has 82 valence electrons. The molecule has 0 aliphatic rings. The van der Waals surface area contributed by atoms with Gasteiger partial charge in [0.05, 0.1) is 5.69 Å². The van der Waals surface area contributed by atoms with Crippen molar-refractivity contribution in [3.8, 4) is 0 Å². The molecule has 0 bridgehead atoms. The van der Waals surface area contributed by atoms with Crippen LogP contribution in [0.15, 0.2) is 12.4 Å². The number of nitrogens with zero attached hydrogens (tertiary/aromatic N) is 2. The molecule has 3 nitrogen and oxygen atoms in total. The number of rotatable bonds is 4. The Bertz CT molecular complexity index is 336. The number of hydrogen-bond acceptors (Lipinski definition) is 3. The molecule has 1 rings (SSSR count). The topological polar surface area (TPSA) is 51.8 Å². The summed E-state index contributed by atoms with van der Waals surface area (Å²) in [5.41, 5.74) is 8.96. The van der Waals surface area contributed by atoms with E-state index in [4.69, 9.17) is 5.73 Å². The van der Waals surface area contributed by atoms with Gasteiger partial charge < -0.3 is 5.73 Å². The zero-order valence-corrected chi connectivity index (χ0v) is 9.75. The molecule has 0 aromatic carbocycles. The Kier molecular flexibility index (Phi) is 4.28. The molecule has 0 amide bonds. The third-order valence-corrected chi connectivity index (χ3v) is 2.47. The summed E-state index contributed by atoms with van der Waals surface area (Å²) in [6.07, 6.45) is 7.24. The first-order chi connectivity index (χ1) is 7.16. The van der Waals surface area contributed by atoms with Gasteiger partial charge in [-0.2, -0.15) is 0 Å². The molecule has 0 aliphatic heterocycles. The molecule has 2 N–H and O–H groups in total. The maximum Gasteiger partial charge on any atom is 0.134 e. The van der Waals surface area contributed by atoms with Crippen LogP contribution in [-0.2, 0) is 0 Å². The lowest BCUT2D eigenvalue weighted by molar-refractivity contribution is 0.815. The van der Waals surface area contributed by atoms with Crippen molar-refractivity contribution in [1.82, 2.24) is 9.97 Å². The second kappa shape index (κ2) is 5.49. The van der Waals surface area contributed by atoms with E-state index in [0.29, 0.717) is 5.82 Å². The Labute approximate surface area is 91.4 Å². The maximum absolute atomic E-state index is 5.83. The summed E-state index contributed by atoms with van der Waals surface area (Å²) in [7, 11) is 0. The second-order valence-corrected chi connectivity index (χ2v) is 3.75. The lowest BCUT2D eigenvalue weighted by Crippen LogP contribution is -2.00. The Morgan fingerprint density at radius 1 is 1.47 bits per heavy atom. The van der Waals surface area contributed by atoms with Gasteiger partial charge in [0.2, 0.25) is 0 Å². The van der Waals surface area contributed by atoms with Gasteiger partial charge in [0.15, 0.2) is 0 Å². The lowest BCUT2D eigenvalue weighted by Gasteiger charge is -2.07. The predicted octanol–water partition coefficient (Wildman–Crippen LogP) is 2.96. The minimum Gasteiger partial charge on any atom is -0.383 e. The van der Waals surface area contributed by atoms with E-state index in [9.17, 15) is 0 Å². The average molecular weight is 205 g/mol. The highest BCUT2D eigenvalue weighted by Crippen LogP contribution is 2.22.